The minimum Gasteiger partial charge on any atom is -0.465 e. The largest absolute Gasteiger partial charge is 0.465 e. The van der Waals surface area contributed by atoms with E-state index in [9.17, 15) is 18.7 Å². The molecule has 0 N–H and O–H groups in total. The number of carbonyl (C=O) groups excluding carboxylic acids is 2. The Hall–Kier alpha value is -2.64. The summed E-state index contributed by atoms with van der Waals surface area (Å²) in [7, 11) is -8.92. The number of benzene rings is 2. The lowest BCUT2D eigenvalue weighted by atomic mass is 9.50. The van der Waals surface area contributed by atoms with Crippen molar-refractivity contribution in [1.29, 1.82) is 0 Å². The third kappa shape index (κ3) is 3.15. The molecule has 0 radical (unpaired) electrons. The Balaban J connectivity index is 1.97. The third-order valence-electron chi connectivity index (χ3n) is 7.37. The molecule has 0 spiro atoms. The number of para-hydroxylation sites is 2. The van der Waals surface area contributed by atoms with E-state index >= 15 is 0 Å². The van der Waals surface area contributed by atoms with Crippen LogP contribution in [0.4, 0.5) is 0 Å². The van der Waals surface area contributed by atoms with E-state index in [2.05, 4.69) is 0 Å². The van der Waals surface area contributed by atoms with E-state index in [4.69, 9.17) is 27.6 Å². The van der Waals surface area contributed by atoms with Gasteiger partial charge >= 0.3 is 27.1 Å². The minimum absolute atomic E-state index is 0.0402. The van der Waals surface area contributed by atoms with Crippen LogP contribution < -0.4 is 9.05 Å². The molecule has 12 heteroatoms. The van der Waals surface area contributed by atoms with Crippen molar-refractivity contribution in [3.05, 3.63) is 59.7 Å². The molecule has 10 nitrogen and oxygen atoms in total. The van der Waals surface area contributed by atoms with Crippen molar-refractivity contribution in [2.75, 3.05) is 26.4 Å². The molecule has 0 bridgehead atoms. The zero-order valence-electron chi connectivity index (χ0n) is 21.6. The van der Waals surface area contributed by atoms with Gasteiger partial charge in [0, 0.05) is 23.0 Å². The number of rotatable bonds is 8. The molecule has 2 heterocycles. The fourth-order valence-corrected chi connectivity index (χ4v) is 12.1. The van der Waals surface area contributed by atoms with Crippen LogP contribution in [-0.4, -0.2) is 48.7 Å². The normalized spacial score (nSPS) is 34.1. The summed E-state index contributed by atoms with van der Waals surface area (Å²) in [6.07, 6.45) is 0. The first-order valence-corrected chi connectivity index (χ1v) is 15.7. The zero-order chi connectivity index (χ0) is 27.3. The molecule has 1 fully saturated rings. The maximum absolute atomic E-state index is 14.9. The molecular formula is C26H30O10P2. The van der Waals surface area contributed by atoms with E-state index in [1.165, 1.54) is 0 Å². The topological polar surface area (TPSA) is 124 Å². The van der Waals surface area contributed by atoms with E-state index in [0.717, 1.165) is 0 Å². The number of hydrogen-bond donors (Lipinski definition) is 0. The predicted molar refractivity (Wildman–Crippen MR) is 137 cm³/mol. The molecule has 2 aromatic rings. The molecule has 0 unspecified atom stereocenters. The van der Waals surface area contributed by atoms with Crippen molar-refractivity contribution in [3.8, 4) is 11.5 Å². The van der Waals surface area contributed by atoms with Crippen molar-refractivity contribution < 1.29 is 46.3 Å². The summed E-state index contributed by atoms with van der Waals surface area (Å²) in [5.74, 6) is -4.16. The van der Waals surface area contributed by atoms with Gasteiger partial charge in [0.15, 0.2) is 10.3 Å². The Morgan fingerprint density at radius 1 is 0.684 bits per heavy atom. The summed E-state index contributed by atoms with van der Waals surface area (Å²) < 4.78 is 64.7. The summed E-state index contributed by atoms with van der Waals surface area (Å²) in [6.45, 7) is 6.28. The molecule has 2 aromatic carbocycles. The van der Waals surface area contributed by atoms with E-state index in [-0.39, 0.29) is 37.9 Å². The molecule has 2 aliphatic heterocycles. The van der Waals surface area contributed by atoms with E-state index < -0.39 is 49.3 Å². The average Bonchev–Trinajstić information content (AvgIpc) is 2.85. The molecule has 0 aromatic heterocycles. The van der Waals surface area contributed by atoms with Crippen LogP contribution in [-0.2, 0) is 37.2 Å². The van der Waals surface area contributed by atoms with Crippen molar-refractivity contribution in [1.82, 2.24) is 0 Å². The Morgan fingerprint density at radius 2 is 1.05 bits per heavy atom. The highest BCUT2D eigenvalue weighted by atomic mass is 31.2. The standard InChI is InChI=1S/C26H30O10P2/c1-5-31-23(27)25-21(17-13-9-11-15-19(17)35-37(25,29)33-7-3)26(24(28)32-6-2)22(25)18-14-10-12-16-20(18)36-38(26,30)34-8-4/h9-16,21-22H,5-8H2,1-4H3/t21?,22?,25?,26?,37-,38-/m1/s1. The number of carbonyl (C=O) groups is 2. The molecule has 204 valence electrons. The lowest BCUT2D eigenvalue weighted by Gasteiger charge is -2.68. The average molecular weight is 564 g/mol. The van der Waals surface area contributed by atoms with Gasteiger partial charge in [0.2, 0.25) is 0 Å². The van der Waals surface area contributed by atoms with Gasteiger partial charge in [0.05, 0.1) is 26.4 Å². The summed E-state index contributed by atoms with van der Waals surface area (Å²) in [5.41, 5.74) is 0.665. The van der Waals surface area contributed by atoms with Gasteiger partial charge in [-0.05, 0) is 39.8 Å². The first-order valence-electron chi connectivity index (χ1n) is 12.6. The van der Waals surface area contributed by atoms with Gasteiger partial charge in [-0.15, -0.1) is 0 Å². The number of fused-ring (bicyclic) bond motifs is 8. The van der Waals surface area contributed by atoms with Crippen LogP contribution in [0.15, 0.2) is 48.5 Å². The van der Waals surface area contributed by atoms with Crippen LogP contribution in [0.1, 0.15) is 50.7 Å². The molecule has 1 aliphatic carbocycles. The van der Waals surface area contributed by atoms with Crippen molar-refractivity contribution in [2.24, 2.45) is 0 Å². The highest BCUT2D eigenvalue weighted by Crippen LogP contribution is 2.92. The second-order valence-corrected chi connectivity index (χ2v) is 13.4. The molecule has 5 rings (SSSR count). The lowest BCUT2D eigenvalue weighted by Crippen LogP contribution is -2.78. The molecule has 3 aliphatic rings. The van der Waals surface area contributed by atoms with Gasteiger partial charge in [-0.3, -0.25) is 18.6 Å². The lowest BCUT2D eigenvalue weighted by molar-refractivity contribution is -0.164. The highest BCUT2D eigenvalue weighted by Gasteiger charge is 2.95. The van der Waals surface area contributed by atoms with Crippen molar-refractivity contribution in [2.45, 2.75) is 49.8 Å². The maximum Gasteiger partial charge on any atom is 0.397 e. The van der Waals surface area contributed by atoms with Gasteiger partial charge in [0.1, 0.15) is 11.5 Å². The Labute approximate surface area is 221 Å². The molecule has 38 heavy (non-hydrogen) atoms. The second-order valence-electron chi connectivity index (χ2n) is 9.05. The number of ether oxygens (including phenoxy) is 2. The summed E-state index contributed by atoms with van der Waals surface area (Å²) in [4.78, 5) is 28.3. The number of esters is 2. The Bertz CT molecular complexity index is 1260. The Morgan fingerprint density at radius 3 is 1.39 bits per heavy atom. The minimum atomic E-state index is -4.46. The van der Waals surface area contributed by atoms with Crippen LogP contribution in [0.2, 0.25) is 0 Å². The van der Waals surface area contributed by atoms with Crippen LogP contribution in [0.25, 0.3) is 0 Å². The second kappa shape index (κ2) is 9.53. The summed E-state index contributed by atoms with van der Waals surface area (Å²) in [6, 6.07) is 13.1. The molecular weight excluding hydrogens is 534 g/mol. The van der Waals surface area contributed by atoms with Crippen molar-refractivity contribution >= 4 is 27.1 Å². The van der Waals surface area contributed by atoms with Crippen LogP contribution in [0.3, 0.4) is 0 Å². The monoisotopic (exact) mass is 564 g/mol. The van der Waals surface area contributed by atoms with Crippen LogP contribution in [0.5, 0.6) is 11.5 Å². The van der Waals surface area contributed by atoms with E-state index in [0.29, 0.717) is 11.1 Å². The maximum atomic E-state index is 14.9. The highest BCUT2D eigenvalue weighted by molar-refractivity contribution is 7.60. The first-order chi connectivity index (χ1) is 18.2. The quantitative estimate of drug-likeness (QED) is 0.303. The SMILES string of the molecule is CCOC(=O)C12C(c3ccccc3O[P@]1(=O)OCC)C1(C(=O)OCC)C2c2ccccc2O[P@]1(=O)OCC. The summed E-state index contributed by atoms with van der Waals surface area (Å²) >= 11 is 0. The van der Waals surface area contributed by atoms with E-state index in [1.807, 2.05) is 0 Å². The summed E-state index contributed by atoms with van der Waals surface area (Å²) in [5, 5.41) is -4.15. The fraction of sp³-hybridized carbons (Fsp3) is 0.462. The fourth-order valence-electron chi connectivity index (χ4n) is 6.30. The van der Waals surface area contributed by atoms with Gasteiger partial charge in [-0.25, -0.2) is 9.13 Å². The third-order valence-corrected chi connectivity index (χ3v) is 12.6. The van der Waals surface area contributed by atoms with Crippen LogP contribution in [0, 0.1) is 0 Å². The number of hydrogen-bond acceptors (Lipinski definition) is 10. The van der Waals surface area contributed by atoms with Crippen LogP contribution >= 0.6 is 15.2 Å². The van der Waals surface area contributed by atoms with Gasteiger partial charge in [0.25, 0.3) is 0 Å². The molecule has 1 saturated carbocycles. The molecule has 2 atom stereocenters. The van der Waals surface area contributed by atoms with Gasteiger partial charge in [-0.1, -0.05) is 36.4 Å². The predicted octanol–water partition coefficient (Wildman–Crippen LogP) is 5.42. The smallest absolute Gasteiger partial charge is 0.397 e. The first kappa shape index (κ1) is 26.9. The Kier molecular flexibility index (Phi) is 6.75. The van der Waals surface area contributed by atoms with E-state index in [1.54, 1.807) is 76.2 Å². The van der Waals surface area contributed by atoms with Gasteiger partial charge < -0.3 is 18.5 Å². The molecule has 0 amide bonds. The van der Waals surface area contributed by atoms with Gasteiger partial charge in [-0.2, -0.15) is 0 Å². The zero-order valence-corrected chi connectivity index (χ0v) is 23.4. The van der Waals surface area contributed by atoms with Crippen molar-refractivity contribution in [3.63, 3.8) is 0 Å². The molecule has 0 saturated heterocycles.